The van der Waals surface area contributed by atoms with Crippen molar-refractivity contribution in [3.05, 3.63) is 33.8 Å². The van der Waals surface area contributed by atoms with Crippen LogP contribution in [0.5, 0.6) is 0 Å². The van der Waals surface area contributed by atoms with Crippen LogP contribution in [0.25, 0.3) is 0 Å². The first-order valence-corrected chi connectivity index (χ1v) is 6.07. The van der Waals surface area contributed by atoms with E-state index in [4.69, 9.17) is 28.9 Å². The summed E-state index contributed by atoms with van der Waals surface area (Å²) < 4.78 is 0. The Balaban J connectivity index is 2.73. The van der Waals surface area contributed by atoms with Crippen LogP contribution in [-0.2, 0) is 6.42 Å². The second kappa shape index (κ2) is 6.37. The topological polar surface area (TPSA) is 26.0 Å². The van der Waals surface area contributed by atoms with Gasteiger partial charge in [0.1, 0.15) is 0 Å². The van der Waals surface area contributed by atoms with Crippen molar-refractivity contribution in [1.29, 1.82) is 0 Å². The van der Waals surface area contributed by atoms with Gasteiger partial charge in [0.25, 0.3) is 0 Å². The van der Waals surface area contributed by atoms with Crippen LogP contribution in [0.1, 0.15) is 25.3 Å². The van der Waals surface area contributed by atoms with Crippen LogP contribution >= 0.6 is 23.2 Å². The number of benzene rings is 1. The van der Waals surface area contributed by atoms with Gasteiger partial charge in [0, 0.05) is 10.0 Å². The van der Waals surface area contributed by atoms with E-state index in [1.807, 2.05) is 18.2 Å². The number of halogens is 2. The molecule has 0 aliphatic carbocycles. The van der Waals surface area contributed by atoms with E-state index in [-0.39, 0.29) is 0 Å². The third-order valence-electron chi connectivity index (χ3n) is 2.55. The number of hydrogen-bond acceptors (Lipinski definition) is 1. The lowest BCUT2D eigenvalue weighted by molar-refractivity contribution is 0.487. The van der Waals surface area contributed by atoms with E-state index in [1.165, 1.54) is 0 Å². The molecule has 3 heteroatoms. The minimum Gasteiger partial charge on any atom is -0.330 e. The smallest absolute Gasteiger partial charge is 0.0439 e. The van der Waals surface area contributed by atoms with Crippen molar-refractivity contribution >= 4 is 23.2 Å². The average molecular weight is 246 g/mol. The van der Waals surface area contributed by atoms with Gasteiger partial charge in [0.05, 0.1) is 0 Å². The molecule has 1 aromatic carbocycles. The molecule has 0 saturated heterocycles. The van der Waals surface area contributed by atoms with E-state index < -0.39 is 0 Å². The maximum Gasteiger partial charge on any atom is 0.0439 e. The van der Waals surface area contributed by atoms with Crippen LogP contribution in [0.3, 0.4) is 0 Å². The zero-order valence-corrected chi connectivity index (χ0v) is 10.5. The average Bonchev–Trinajstić information content (AvgIpc) is 2.22. The summed E-state index contributed by atoms with van der Waals surface area (Å²) in [6.45, 7) is 2.87. The maximum atomic E-state index is 6.10. The van der Waals surface area contributed by atoms with Crippen molar-refractivity contribution < 1.29 is 0 Å². The fraction of sp³-hybridized carbons (Fsp3) is 0.500. The summed E-state index contributed by atoms with van der Waals surface area (Å²) in [5.41, 5.74) is 6.82. The van der Waals surface area contributed by atoms with Crippen LogP contribution in [0.15, 0.2) is 18.2 Å². The third-order valence-corrected chi connectivity index (χ3v) is 3.15. The minimum atomic E-state index is 0.506. The van der Waals surface area contributed by atoms with Crippen molar-refractivity contribution in [1.82, 2.24) is 0 Å². The predicted molar refractivity (Wildman–Crippen MR) is 67.6 cm³/mol. The predicted octanol–water partition coefficient (Wildman–Crippen LogP) is 3.91. The highest BCUT2D eigenvalue weighted by Crippen LogP contribution is 2.24. The van der Waals surface area contributed by atoms with E-state index in [2.05, 4.69) is 6.92 Å². The summed E-state index contributed by atoms with van der Waals surface area (Å²) in [5.74, 6) is 0.506. The van der Waals surface area contributed by atoms with Crippen LogP contribution in [0.2, 0.25) is 10.0 Å². The molecule has 0 amide bonds. The van der Waals surface area contributed by atoms with Crippen molar-refractivity contribution in [2.45, 2.75) is 26.2 Å². The Bertz CT molecular complexity index is 312. The fourth-order valence-corrected chi connectivity index (χ4v) is 2.11. The highest BCUT2D eigenvalue weighted by atomic mass is 35.5. The lowest BCUT2D eigenvalue weighted by atomic mass is 9.95. The lowest BCUT2D eigenvalue weighted by Gasteiger charge is -2.14. The number of hydrogen-bond donors (Lipinski definition) is 1. The molecule has 0 spiro atoms. The molecule has 0 heterocycles. The lowest BCUT2D eigenvalue weighted by Crippen LogP contribution is -2.16. The molecular formula is C12H17Cl2N. The van der Waals surface area contributed by atoms with Gasteiger partial charge in [0.2, 0.25) is 0 Å². The molecule has 0 aliphatic rings. The quantitative estimate of drug-likeness (QED) is 0.837. The first kappa shape index (κ1) is 12.8. The van der Waals surface area contributed by atoms with Gasteiger partial charge in [-0.25, -0.2) is 0 Å². The van der Waals surface area contributed by atoms with Crippen molar-refractivity contribution in [3.63, 3.8) is 0 Å². The molecule has 0 aliphatic heterocycles. The zero-order chi connectivity index (χ0) is 11.3. The molecule has 1 nitrogen and oxygen atoms in total. The van der Waals surface area contributed by atoms with Crippen LogP contribution in [0, 0.1) is 5.92 Å². The molecule has 1 atom stereocenters. The number of nitrogens with two attached hydrogens (primary N) is 1. The Morgan fingerprint density at radius 1 is 1.33 bits per heavy atom. The Kier molecular flexibility index (Phi) is 5.44. The summed E-state index contributed by atoms with van der Waals surface area (Å²) in [6.07, 6.45) is 3.21. The third kappa shape index (κ3) is 4.02. The molecular weight excluding hydrogens is 229 g/mol. The summed E-state index contributed by atoms with van der Waals surface area (Å²) in [5, 5.41) is 1.52. The van der Waals surface area contributed by atoms with Gasteiger partial charge in [-0.1, -0.05) is 36.5 Å². The van der Waals surface area contributed by atoms with Crippen LogP contribution < -0.4 is 5.73 Å². The number of rotatable bonds is 5. The van der Waals surface area contributed by atoms with Gasteiger partial charge in [-0.2, -0.15) is 0 Å². The molecule has 2 N–H and O–H groups in total. The van der Waals surface area contributed by atoms with Gasteiger partial charge < -0.3 is 5.73 Å². The van der Waals surface area contributed by atoms with Crippen LogP contribution in [0.4, 0.5) is 0 Å². The second-order valence-corrected chi connectivity index (χ2v) is 4.67. The Morgan fingerprint density at radius 3 is 2.67 bits per heavy atom. The minimum absolute atomic E-state index is 0.506. The molecule has 15 heavy (non-hydrogen) atoms. The SMILES string of the molecule is CCCC(CN)Cc1cc(Cl)ccc1Cl. The highest BCUT2D eigenvalue weighted by molar-refractivity contribution is 6.33. The van der Waals surface area contributed by atoms with Gasteiger partial charge in [-0.05, 0) is 49.1 Å². The van der Waals surface area contributed by atoms with Gasteiger partial charge in [0.15, 0.2) is 0 Å². The first-order valence-electron chi connectivity index (χ1n) is 5.31. The van der Waals surface area contributed by atoms with Gasteiger partial charge in [-0.15, -0.1) is 0 Å². The van der Waals surface area contributed by atoms with Gasteiger partial charge in [-0.3, -0.25) is 0 Å². The monoisotopic (exact) mass is 245 g/mol. The summed E-state index contributed by atoms with van der Waals surface area (Å²) in [7, 11) is 0. The highest BCUT2D eigenvalue weighted by Gasteiger charge is 2.09. The standard InChI is InChI=1S/C12H17Cl2N/c1-2-3-9(8-15)6-10-7-11(13)4-5-12(10)14/h4-5,7,9H,2-3,6,8,15H2,1H3. The molecule has 0 bridgehead atoms. The molecule has 0 saturated carbocycles. The zero-order valence-electron chi connectivity index (χ0n) is 8.97. The molecule has 0 fully saturated rings. The Labute approximate surface area is 102 Å². The molecule has 1 rings (SSSR count). The molecule has 0 radical (unpaired) electrons. The van der Waals surface area contributed by atoms with E-state index in [9.17, 15) is 0 Å². The molecule has 1 unspecified atom stereocenters. The fourth-order valence-electron chi connectivity index (χ4n) is 1.72. The summed E-state index contributed by atoms with van der Waals surface area (Å²) in [4.78, 5) is 0. The van der Waals surface area contributed by atoms with E-state index in [0.717, 1.165) is 34.9 Å². The molecule has 1 aromatic rings. The first-order chi connectivity index (χ1) is 7.17. The normalized spacial score (nSPS) is 12.8. The maximum absolute atomic E-state index is 6.10. The van der Waals surface area contributed by atoms with Crippen LogP contribution in [-0.4, -0.2) is 6.54 Å². The Morgan fingerprint density at radius 2 is 2.07 bits per heavy atom. The van der Waals surface area contributed by atoms with E-state index in [0.29, 0.717) is 12.5 Å². The van der Waals surface area contributed by atoms with E-state index in [1.54, 1.807) is 0 Å². The molecule has 0 aromatic heterocycles. The van der Waals surface area contributed by atoms with Gasteiger partial charge >= 0.3 is 0 Å². The van der Waals surface area contributed by atoms with Crippen molar-refractivity contribution in [2.75, 3.05) is 6.54 Å². The van der Waals surface area contributed by atoms with E-state index >= 15 is 0 Å². The Hall–Kier alpha value is -0.240. The van der Waals surface area contributed by atoms with Crippen molar-refractivity contribution in [3.8, 4) is 0 Å². The summed E-state index contributed by atoms with van der Waals surface area (Å²) in [6, 6.07) is 5.59. The molecule has 84 valence electrons. The van der Waals surface area contributed by atoms with Crippen molar-refractivity contribution in [2.24, 2.45) is 11.7 Å². The largest absolute Gasteiger partial charge is 0.330 e. The second-order valence-electron chi connectivity index (χ2n) is 3.83. The summed E-state index contributed by atoms with van der Waals surface area (Å²) >= 11 is 12.0.